The van der Waals surface area contributed by atoms with Crippen LogP contribution >= 0.6 is 11.6 Å². The van der Waals surface area contributed by atoms with Gasteiger partial charge in [-0.3, -0.25) is 9.69 Å². The van der Waals surface area contributed by atoms with Crippen LogP contribution in [-0.4, -0.2) is 47.2 Å². The molecule has 1 aliphatic heterocycles. The molecule has 1 saturated heterocycles. The van der Waals surface area contributed by atoms with E-state index in [2.05, 4.69) is 20.2 Å². The van der Waals surface area contributed by atoms with E-state index in [4.69, 9.17) is 16.1 Å². The lowest BCUT2D eigenvalue weighted by atomic mass is 9.98. The van der Waals surface area contributed by atoms with Crippen LogP contribution in [0, 0.1) is 6.92 Å². The van der Waals surface area contributed by atoms with Gasteiger partial charge in [-0.25, -0.2) is 0 Å². The Balaban J connectivity index is 1.55. The normalized spacial score (nSPS) is 17.9. The fraction of sp³-hybridized carbons (Fsp3) is 0.471. The number of aryl methyl sites for hydroxylation is 1. The maximum Gasteiger partial charge on any atom is 0.387 e. The van der Waals surface area contributed by atoms with Crippen molar-refractivity contribution in [3.8, 4) is 5.75 Å². The van der Waals surface area contributed by atoms with Gasteiger partial charge in [0.2, 0.25) is 11.8 Å². The summed E-state index contributed by atoms with van der Waals surface area (Å²) in [6.45, 7) is 0.439. The molecule has 2 heterocycles. The minimum absolute atomic E-state index is 0.00194. The van der Waals surface area contributed by atoms with E-state index >= 15 is 0 Å². The van der Waals surface area contributed by atoms with Gasteiger partial charge in [-0.05, 0) is 44.5 Å². The molecule has 1 amide bonds. The van der Waals surface area contributed by atoms with Crippen LogP contribution in [0.2, 0.25) is 5.02 Å². The second-order valence-electron chi connectivity index (χ2n) is 6.33. The summed E-state index contributed by atoms with van der Waals surface area (Å²) in [5.74, 6) is 0.928. The van der Waals surface area contributed by atoms with Gasteiger partial charge in [0.25, 0.3) is 0 Å². The average molecular weight is 401 g/mol. The van der Waals surface area contributed by atoms with Gasteiger partial charge in [-0.2, -0.15) is 13.8 Å². The van der Waals surface area contributed by atoms with Gasteiger partial charge >= 0.3 is 6.61 Å². The lowest BCUT2D eigenvalue weighted by molar-refractivity contribution is -0.117. The maximum atomic E-state index is 12.3. The van der Waals surface area contributed by atoms with Crippen LogP contribution < -0.4 is 10.1 Å². The van der Waals surface area contributed by atoms with Crippen molar-refractivity contribution in [3.63, 3.8) is 0 Å². The Labute approximate surface area is 159 Å². The molecule has 1 N–H and O–H groups in total. The molecule has 1 aromatic carbocycles. The molecular weight excluding hydrogens is 382 g/mol. The zero-order valence-electron chi connectivity index (χ0n) is 14.6. The Morgan fingerprint density at radius 1 is 1.52 bits per heavy atom. The first-order chi connectivity index (χ1) is 12.9. The Morgan fingerprint density at radius 2 is 2.33 bits per heavy atom. The number of benzene rings is 1. The van der Waals surface area contributed by atoms with Gasteiger partial charge in [-0.15, -0.1) is 0 Å². The number of piperidine rings is 1. The molecule has 1 unspecified atom stereocenters. The van der Waals surface area contributed by atoms with Gasteiger partial charge < -0.3 is 14.6 Å². The summed E-state index contributed by atoms with van der Waals surface area (Å²) in [5, 5.41) is 6.52. The average Bonchev–Trinajstić information content (AvgIpc) is 3.04. The van der Waals surface area contributed by atoms with Gasteiger partial charge in [0.15, 0.2) is 5.82 Å². The van der Waals surface area contributed by atoms with Crippen LogP contribution in [-0.2, 0) is 4.79 Å². The lowest BCUT2D eigenvalue weighted by Gasteiger charge is -2.30. The third-order valence-corrected chi connectivity index (χ3v) is 4.49. The topological polar surface area (TPSA) is 80.5 Å². The van der Waals surface area contributed by atoms with Gasteiger partial charge in [0, 0.05) is 12.2 Å². The number of amides is 1. The molecule has 10 heteroatoms. The number of nitrogens with one attached hydrogen (secondary N) is 1. The lowest BCUT2D eigenvalue weighted by Crippen LogP contribution is -2.39. The summed E-state index contributed by atoms with van der Waals surface area (Å²) in [5.41, 5.74) is 0.410. The second kappa shape index (κ2) is 8.62. The van der Waals surface area contributed by atoms with E-state index in [1.165, 1.54) is 18.2 Å². The largest absolute Gasteiger partial charge is 0.433 e. The number of carbonyl (C=O) groups excluding carboxylic acids is 1. The standard InChI is InChI=1S/C17H19ClF2N4O3/c1-10-21-16(27-23-10)11-3-2-6-24(8-11)9-15(25)22-12-4-5-14(13(18)7-12)26-17(19)20/h4-5,7,11,17H,2-3,6,8-9H2,1H3,(H,22,25). The Hall–Kier alpha value is -2.26. The summed E-state index contributed by atoms with van der Waals surface area (Å²) in [6.07, 6.45) is 1.85. The van der Waals surface area contributed by atoms with Gasteiger partial charge in [0.05, 0.1) is 17.5 Å². The second-order valence-corrected chi connectivity index (χ2v) is 6.73. The van der Waals surface area contributed by atoms with Crippen LogP contribution in [0.25, 0.3) is 0 Å². The van der Waals surface area contributed by atoms with Crippen molar-refractivity contribution in [2.75, 3.05) is 25.0 Å². The molecule has 0 radical (unpaired) electrons. The number of hydrogen-bond acceptors (Lipinski definition) is 6. The molecule has 1 atom stereocenters. The van der Waals surface area contributed by atoms with Crippen LogP contribution in [0.5, 0.6) is 5.75 Å². The summed E-state index contributed by atoms with van der Waals surface area (Å²) in [7, 11) is 0. The van der Waals surface area contributed by atoms with Crippen molar-refractivity contribution in [3.05, 3.63) is 34.9 Å². The highest BCUT2D eigenvalue weighted by Crippen LogP contribution is 2.29. The molecule has 0 aliphatic carbocycles. The van der Waals surface area contributed by atoms with E-state index in [1.807, 2.05) is 4.90 Å². The van der Waals surface area contributed by atoms with Crippen LogP contribution in [0.1, 0.15) is 30.5 Å². The first-order valence-electron chi connectivity index (χ1n) is 8.47. The number of hydrogen-bond donors (Lipinski definition) is 1. The molecule has 1 aromatic heterocycles. The number of nitrogens with zero attached hydrogens (tertiary/aromatic N) is 3. The van der Waals surface area contributed by atoms with Crippen molar-refractivity contribution in [1.29, 1.82) is 0 Å². The van der Waals surface area contributed by atoms with Crippen LogP contribution in [0.3, 0.4) is 0 Å². The zero-order valence-corrected chi connectivity index (χ0v) is 15.4. The number of rotatable bonds is 6. The van der Waals surface area contributed by atoms with E-state index in [0.717, 1.165) is 19.4 Å². The van der Waals surface area contributed by atoms with E-state index in [9.17, 15) is 13.6 Å². The van der Waals surface area contributed by atoms with Gasteiger partial charge in [0.1, 0.15) is 5.75 Å². The third kappa shape index (κ3) is 5.36. The highest BCUT2D eigenvalue weighted by Gasteiger charge is 2.26. The summed E-state index contributed by atoms with van der Waals surface area (Å²) in [4.78, 5) is 18.6. The van der Waals surface area contributed by atoms with E-state index < -0.39 is 6.61 Å². The van der Waals surface area contributed by atoms with Crippen molar-refractivity contribution < 1.29 is 22.8 Å². The fourth-order valence-electron chi connectivity index (χ4n) is 3.05. The van der Waals surface area contributed by atoms with Crippen molar-refractivity contribution >= 4 is 23.2 Å². The Kier molecular flexibility index (Phi) is 6.22. The van der Waals surface area contributed by atoms with E-state index in [1.54, 1.807) is 6.92 Å². The molecule has 0 bridgehead atoms. The molecule has 1 fully saturated rings. The number of ether oxygens (including phenoxy) is 1. The minimum atomic E-state index is -2.96. The smallest absolute Gasteiger partial charge is 0.387 e. The molecule has 7 nitrogen and oxygen atoms in total. The number of aromatic nitrogens is 2. The number of likely N-dealkylation sites (tertiary alicyclic amines) is 1. The molecule has 3 rings (SSSR count). The monoisotopic (exact) mass is 400 g/mol. The first kappa shape index (κ1) is 19.5. The number of carbonyl (C=O) groups is 1. The third-order valence-electron chi connectivity index (χ3n) is 4.20. The first-order valence-corrected chi connectivity index (χ1v) is 8.85. The van der Waals surface area contributed by atoms with Crippen LogP contribution in [0.4, 0.5) is 14.5 Å². The molecule has 27 heavy (non-hydrogen) atoms. The van der Waals surface area contributed by atoms with Crippen LogP contribution in [0.15, 0.2) is 22.7 Å². The zero-order chi connectivity index (χ0) is 19.4. The highest BCUT2D eigenvalue weighted by molar-refractivity contribution is 6.32. The maximum absolute atomic E-state index is 12.3. The Bertz CT molecular complexity index is 802. The molecule has 0 saturated carbocycles. The fourth-order valence-corrected chi connectivity index (χ4v) is 3.28. The number of anilines is 1. The quantitative estimate of drug-likeness (QED) is 0.800. The Morgan fingerprint density at radius 3 is 3.00 bits per heavy atom. The highest BCUT2D eigenvalue weighted by atomic mass is 35.5. The molecule has 146 valence electrons. The minimum Gasteiger partial charge on any atom is -0.433 e. The number of alkyl halides is 2. The predicted molar refractivity (Wildman–Crippen MR) is 94.2 cm³/mol. The van der Waals surface area contributed by atoms with E-state index in [0.29, 0.717) is 23.9 Å². The van der Waals surface area contributed by atoms with E-state index in [-0.39, 0.29) is 29.1 Å². The summed E-state index contributed by atoms with van der Waals surface area (Å²) < 4.78 is 34.0. The number of halogens is 3. The predicted octanol–water partition coefficient (Wildman–Crippen LogP) is 3.45. The molecule has 0 spiro atoms. The summed E-state index contributed by atoms with van der Waals surface area (Å²) in [6, 6.07) is 4.12. The molecule has 2 aromatic rings. The molecule has 1 aliphatic rings. The van der Waals surface area contributed by atoms with Crippen molar-refractivity contribution in [2.45, 2.75) is 32.3 Å². The summed E-state index contributed by atoms with van der Waals surface area (Å²) >= 11 is 5.89. The van der Waals surface area contributed by atoms with Crippen molar-refractivity contribution in [2.24, 2.45) is 0 Å². The SMILES string of the molecule is Cc1noc(C2CCCN(CC(=O)Nc3ccc(OC(F)F)c(Cl)c3)C2)n1. The molecular formula is C17H19ClF2N4O3. The van der Waals surface area contributed by atoms with Crippen molar-refractivity contribution in [1.82, 2.24) is 15.0 Å². The van der Waals surface area contributed by atoms with Gasteiger partial charge in [-0.1, -0.05) is 16.8 Å².